The van der Waals surface area contributed by atoms with E-state index in [1.807, 2.05) is 24.3 Å². The number of nitrogens with zero attached hydrogens (tertiary/aromatic N) is 3. The number of hydrogen-bond donors (Lipinski definition) is 2. The standard InChI is InChI=1S/C25H28FN5O2.ClH/c1-30-21-8-3-2-7-20(21)23(31-14-16-9-10-17(15-31)12-11-16)28-22(24(30)32)29-25(33)27-19-6-4-5-18(26)13-19;/h2-8,13,16-17,22H,9-12,14-15H2,1H3,(H2,27,29,33);1H. The molecular weight excluding hydrogens is 457 g/mol. The van der Waals surface area contributed by atoms with E-state index in [0.29, 0.717) is 17.5 Å². The highest BCUT2D eigenvalue weighted by atomic mass is 35.5. The van der Waals surface area contributed by atoms with Gasteiger partial charge < -0.3 is 20.4 Å². The molecule has 6 rings (SSSR count). The summed E-state index contributed by atoms with van der Waals surface area (Å²) in [6.07, 6.45) is 3.82. The van der Waals surface area contributed by atoms with E-state index < -0.39 is 18.0 Å². The third-order valence-electron chi connectivity index (χ3n) is 6.90. The van der Waals surface area contributed by atoms with Crippen molar-refractivity contribution < 1.29 is 14.0 Å². The number of carbonyl (C=O) groups is 2. The van der Waals surface area contributed by atoms with Crippen LogP contribution < -0.4 is 15.5 Å². The molecule has 3 heterocycles. The van der Waals surface area contributed by atoms with E-state index in [0.717, 1.165) is 30.2 Å². The van der Waals surface area contributed by atoms with E-state index in [9.17, 15) is 14.0 Å². The van der Waals surface area contributed by atoms with Gasteiger partial charge in [0.25, 0.3) is 5.91 Å². The third kappa shape index (κ3) is 4.87. The molecular formula is C25H29ClFN5O2. The van der Waals surface area contributed by atoms with Gasteiger partial charge in [0.15, 0.2) is 0 Å². The summed E-state index contributed by atoms with van der Waals surface area (Å²) < 4.78 is 13.5. The van der Waals surface area contributed by atoms with E-state index in [2.05, 4.69) is 15.5 Å². The van der Waals surface area contributed by atoms with Crippen molar-refractivity contribution >= 4 is 41.6 Å². The predicted octanol–water partition coefficient (Wildman–Crippen LogP) is 4.24. The molecule has 1 atom stereocenters. The summed E-state index contributed by atoms with van der Waals surface area (Å²) >= 11 is 0. The number of likely N-dealkylation sites (N-methyl/N-ethyl adjacent to an activating group) is 1. The van der Waals surface area contributed by atoms with Gasteiger partial charge in [-0.2, -0.15) is 0 Å². The number of aliphatic imine (C=N–C) groups is 1. The number of para-hydroxylation sites is 1. The summed E-state index contributed by atoms with van der Waals surface area (Å²) in [6.45, 7) is 1.81. The van der Waals surface area contributed by atoms with Crippen molar-refractivity contribution in [2.24, 2.45) is 16.8 Å². The zero-order valence-corrected chi connectivity index (χ0v) is 19.9. The first-order chi connectivity index (χ1) is 16.0. The van der Waals surface area contributed by atoms with Crippen molar-refractivity contribution in [2.45, 2.75) is 31.8 Å². The first-order valence-electron chi connectivity index (χ1n) is 11.5. The van der Waals surface area contributed by atoms with Crippen LogP contribution in [0.5, 0.6) is 0 Å². The number of halogens is 2. The predicted molar refractivity (Wildman–Crippen MR) is 133 cm³/mol. The fourth-order valence-corrected chi connectivity index (χ4v) is 5.18. The molecule has 2 saturated heterocycles. The molecule has 0 radical (unpaired) electrons. The van der Waals surface area contributed by atoms with Crippen LogP contribution in [0, 0.1) is 17.7 Å². The van der Waals surface area contributed by atoms with Crippen LogP contribution in [0.4, 0.5) is 20.6 Å². The van der Waals surface area contributed by atoms with Gasteiger partial charge in [-0.25, -0.2) is 14.2 Å². The molecule has 180 valence electrons. The smallest absolute Gasteiger partial charge is 0.321 e. The molecule has 2 aromatic rings. The van der Waals surface area contributed by atoms with Gasteiger partial charge in [-0.1, -0.05) is 18.2 Å². The van der Waals surface area contributed by atoms with Crippen LogP contribution >= 0.6 is 12.4 Å². The van der Waals surface area contributed by atoms with Gasteiger partial charge >= 0.3 is 6.03 Å². The monoisotopic (exact) mass is 485 g/mol. The van der Waals surface area contributed by atoms with E-state index in [1.165, 1.54) is 43.9 Å². The van der Waals surface area contributed by atoms with Crippen molar-refractivity contribution in [3.05, 3.63) is 59.9 Å². The van der Waals surface area contributed by atoms with Crippen LogP contribution in [-0.4, -0.2) is 49.0 Å². The van der Waals surface area contributed by atoms with E-state index in [1.54, 1.807) is 18.0 Å². The summed E-state index contributed by atoms with van der Waals surface area (Å²) in [5, 5.41) is 5.28. The van der Waals surface area contributed by atoms with E-state index in [4.69, 9.17) is 4.99 Å². The molecule has 2 aromatic carbocycles. The maximum Gasteiger partial charge on any atom is 0.321 e. The summed E-state index contributed by atoms with van der Waals surface area (Å²) in [4.78, 5) is 34.6. The molecule has 7 nitrogen and oxygen atoms in total. The number of amides is 3. The Morgan fingerprint density at radius 3 is 2.38 bits per heavy atom. The number of benzene rings is 2. The fourth-order valence-electron chi connectivity index (χ4n) is 5.18. The van der Waals surface area contributed by atoms with E-state index >= 15 is 0 Å². The quantitative estimate of drug-likeness (QED) is 0.668. The van der Waals surface area contributed by atoms with Gasteiger partial charge in [0.05, 0.1) is 5.69 Å². The van der Waals surface area contributed by atoms with Crippen molar-refractivity contribution in [3.8, 4) is 0 Å². The Morgan fingerprint density at radius 1 is 1.03 bits per heavy atom. The number of anilines is 2. The number of urea groups is 1. The number of benzodiazepines with no additional fused rings is 1. The van der Waals surface area contributed by atoms with E-state index in [-0.39, 0.29) is 18.3 Å². The van der Waals surface area contributed by atoms with Gasteiger partial charge in [0, 0.05) is 31.4 Å². The number of hydrogen-bond acceptors (Lipinski definition) is 4. The summed E-state index contributed by atoms with van der Waals surface area (Å²) in [6, 6.07) is 12.7. The highest BCUT2D eigenvalue weighted by Gasteiger charge is 2.36. The molecule has 0 spiro atoms. The van der Waals surface area contributed by atoms with Crippen LogP contribution in [0.1, 0.15) is 31.2 Å². The Bertz CT molecular complexity index is 1090. The maximum atomic E-state index is 13.5. The van der Waals surface area contributed by atoms with Crippen LogP contribution in [-0.2, 0) is 4.79 Å². The Morgan fingerprint density at radius 2 is 1.71 bits per heavy atom. The van der Waals surface area contributed by atoms with Crippen LogP contribution in [0.2, 0.25) is 0 Å². The number of carbonyl (C=O) groups excluding carboxylic acids is 2. The van der Waals surface area contributed by atoms with Crippen molar-refractivity contribution in [1.82, 2.24) is 10.2 Å². The van der Waals surface area contributed by atoms with Gasteiger partial charge in [0.1, 0.15) is 11.7 Å². The highest BCUT2D eigenvalue weighted by Crippen LogP contribution is 2.36. The van der Waals surface area contributed by atoms with Gasteiger partial charge in [-0.3, -0.25) is 4.79 Å². The third-order valence-corrected chi connectivity index (χ3v) is 6.90. The fraction of sp³-hybridized carbons (Fsp3) is 0.400. The normalized spacial score (nSPS) is 23.8. The molecule has 4 aliphatic rings. The lowest BCUT2D eigenvalue weighted by molar-refractivity contribution is -0.119. The molecule has 2 bridgehead atoms. The van der Waals surface area contributed by atoms with Gasteiger partial charge in [-0.15, -0.1) is 12.4 Å². The molecule has 3 amide bonds. The second-order valence-electron chi connectivity index (χ2n) is 9.17. The van der Waals surface area contributed by atoms with Crippen LogP contribution in [0.3, 0.4) is 0 Å². The summed E-state index contributed by atoms with van der Waals surface area (Å²) in [5.41, 5.74) is 1.97. The lowest BCUT2D eigenvalue weighted by Crippen LogP contribution is -2.47. The van der Waals surface area contributed by atoms with Gasteiger partial charge in [0.2, 0.25) is 6.17 Å². The molecule has 1 aliphatic carbocycles. The topological polar surface area (TPSA) is 77.0 Å². The largest absolute Gasteiger partial charge is 0.356 e. The zero-order chi connectivity index (χ0) is 22.9. The Balaban J connectivity index is 0.00000274. The highest BCUT2D eigenvalue weighted by molar-refractivity contribution is 6.12. The van der Waals surface area contributed by atoms with Crippen molar-refractivity contribution in [1.29, 1.82) is 0 Å². The van der Waals surface area contributed by atoms with Gasteiger partial charge in [-0.05, 0) is 67.9 Å². The second kappa shape index (κ2) is 10.0. The molecule has 2 N–H and O–H groups in total. The first kappa shape index (κ1) is 24.0. The molecule has 1 unspecified atom stereocenters. The lowest BCUT2D eigenvalue weighted by atomic mass is 9.84. The molecule has 9 heteroatoms. The molecule has 0 aromatic heterocycles. The summed E-state index contributed by atoms with van der Waals surface area (Å²) in [5.74, 6) is 1.21. The number of amidine groups is 1. The minimum absolute atomic E-state index is 0. The SMILES string of the molecule is CN1C(=O)C(NC(=O)Nc2cccc(F)c2)N=C(N2CC3CCC(CC3)C2)c2ccccc21.Cl. The average molecular weight is 486 g/mol. The average Bonchev–Trinajstić information content (AvgIpc) is 3.18. The second-order valence-corrected chi connectivity index (χ2v) is 9.17. The minimum atomic E-state index is -1.09. The Kier molecular flexibility index (Phi) is 7.07. The first-order valence-corrected chi connectivity index (χ1v) is 11.5. The number of nitrogens with one attached hydrogen (secondary N) is 2. The van der Waals surface area contributed by atoms with Crippen LogP contribution in [0.15, 0.2) is 53.5 Å². The molecule has 3 fully saturated rings. The van der Waals surface area contributed by atoms with Crippen molar-refractivity contribution in [3.63, 3.8) is 0 Å². The zero-order valence-electron chi connectivity index (χ0n) is 19.0. The van der Waals surface area contributed by atoms with Crippen LogP contribution in [0.25, 0.3) is 0 Å². The summed E-state index contributed by atoms with van der Waals surface area (Å²) in [7, 11) is 1.70. The molecule has 34 heavy (non-hydrogen) atoms. The molecule has 1 saturated carbocycles. The number of fused-ring (bicyclic) bond motifs is 5. The minimum Gasteiger partial charge on any atom is -0.356 e. The Labute approximate surface area is 204 Å². The number of rotatable bonds is 2. The Hall–Kier alpha value is -3.13. The molecule has 3 aliphatic heterocycles. The lowest BCUT2D eigenvalue weighted by Gasteiger charge is -2.27. The van der Waals surface area contributed by atoms with Crippen molar-refractivity contribution in [2.75, 3.05) is 30.4 Å². The maximum absolute atomic E-state index is 13.5.